The molecule has 0 aliphatic rings. The van der Waals surface area contributed by atoms with Crippen molar-refractivity contribution < 1.29 is 4.79 Å². The molecule has 0 aromatic carbocycles. The zero-order chi connectivity index (χ0) is 7.98. The molecule has 0 atom stereocenters. The van der Waals surface area contributed by atoms with Crippen LogP contribution in [0.25, 0.3) is 0 Å². The number of carbonyl (C=O) groups excluding carboxylic acids is 1. The van der Waals surface area contributed by atoms with Crippen molar-refractivity contribution in [3.8, 4) is 0 Å². The summed E-state index contributed by atoms with van der Waals surface area (Å²) in [4.78, 5) is 10.4. The Morgan fingerprint density at radius 2 is 2.30 bits per heavy atom. The van der Waals surface area contributed by atoms with Crippen molar-refractivity contribution in [3.05, 3.63) is 12.2 Å². The number of nitrogens with one attached hydrogen (secondary N) is 1. The molecule has 0 fully saturated rings. The summed E-state index contributed by atoms with van der Waals surface area (Å²) in [7, 11) is 1.87. The molecule has 0 aliphatic carbocycles. The van der Waals surface area contributed by atoms with E-state index in [0.717, 1.165) is 13.0 Å². The van der Waals surface area contributed by atoms with Gasteiger partial charge in [-0.1, -0.05) is 6.58 Å². The second-order valence-corrected chi connectivity index (χ2v) is 2.17. The number of hydrogen-bond donors (Lipinski definition) is 2. The summed E-state index contributed by atoms with van der Waals surface area (Å²) < 4.78 is 0. The van der Waals surface area contributed by atoms with Gasteiger partial charge in [-0.05, 0) is 26.4 Å². The van der Waals surface area contributed by atoms with Crippen LogP contribution >= 0.6 is 0 Å². The molecule has 0 rings (SSSR count). The summed E-state index contributed by atoms with van der Waals surface area (Å²) in [5.41, 5.74) is 5.47. The van der Waals surface area contributed by atoms with Crippen LogP contribution in [0.4, 0.5) is 0 Å². The summed E-state index contributed by atoms with van der Waals surface area (Å²) in [6, 6.07) is 0. The molecule has 0 saturated heterocycles. The second kappa shape index (κ2) is 4.99. The maximum absolute atomic E-state index is 10.4. The minimum absolute atomic E-state index is 0.392. The topological polar surface area (TPSA) is 55.1 Å². The predicted octanol–water partition coefficient (Wildman–Crippen LogP) is 0.0275. The highest BCUT2D eigenvalue weighted by Crippen LogP contribution is 1.98. The van der Waals surface area contributed by atoms with Gasteiger partial charge in [-0.3, -0.25) is 4.79 Å². The van der Waals surface area contributed by atoms with Gasteiger partial charge < -0.3 is 11.1 Å². The van der Waals surface area contributed by atoms with Crippen LogP contribution in [0.2, 0.25) is 0 Å². The van der Waals surface area contributed by atoms with Crippen LogP contribution in [0.3, 0.4) is 0 Å². The molecular formula is C7H14N2O. The van der Waals surface area contributed by atoms with Gasteiger partial charge in [0.2, 0.25) is 5.91 Å². The van der Waals surface area contributed by atoms with Gasteiger partial charge in [0.1, 0.15) is 0 Å². The molecule has 3 N–H and O–H groups in total. The first-order valence-electron chi connectivity index (χ1n) is 3.30. The molecular weight excluding hydrogens is 128 g/mol. The smallest absolute Gasteiger partial charge is 0.244 e. The fourth-order valence-corrected chi connectivity index (χ4v) is 0.602. The van der Waals surface area contributed by atoms with Crippen molar-refractivity contribution in [2.24, 2.45) is 5.73 Å². The van der Waals surface area contributed by atoms with Crippen LogP contribution in [0.5, 0.6) is 0 Å². The van der Waals surface area contributed by atoms with Gasteiger partial charge in [0, 0.05) is 5.57 Å². The number of primary amides is 1. The standard InChI is InChI=1S/C7H14N2O/c1-6(7(8)10)4-3-5-9-2/h9H,1,3-5H2,2H3,(H2,8,10). The Bertz CT molecular complexity index is 132. The van der Waals surface area contributed by atoms with Crippen LogP contribution in [-0.2, 0) is 4.79 Å². The van der Waals surface area contributed by atoms with E-state index in [0.29, 0.717) is 12.0 Å². The molecule has 0 aromatic rings. The van der Waals surface area contributed by atoms with Gasteiger partial charge in [0.05, 0.1) is 0 Å². The lowest BCUT2D eigenvalue weighted by Gasteiger charge is -1.99. The molecule has 0 spiro atoms. The Balaban J connectivity index is 3.31. The number of nitrogens with two attached hydrogens (primary N) is 1. The van der Waals surface area contributed by atoms with Crippen molar-refractivity contribution in [2.75, 3.05) is 13.6 Å². The quantitative estimate of drug-likeness (QED) is 0.420. The molecule has 0 radical (unpaired) electrons. The monoisotopic (exact) mass is 142 g/mol. The maximum atomic E-state index is 10.4. The van der Waals surface area contributed by atoms with Crippen molar-refractivity contribution in [2.45, 2.75) is 12.8 Å². The van der Waals surface area contributed by atoms with E-state index in [1.54, 1.807) is 0 Å². The zero-order valence-electron chi connectivity index (χ0n) is 6.31. The Kier molecular flexibility index (Phi) is 4.58. The minimum atomic E-state index is -0.392. The van der Waals surface area contributed by atoms with E-state index in [9.17, 15) is 4.79 Å². The van der Waals surface area contributed by atoms with Crippen LogP contribution < -0.4 is 11.1 Å². The minimum Gasteiger partial charge on any atom is -0.366 e. The SMILES string of the molecule is C=C(CCCNC)C(N)=O. The van der Waals surface area contributed by atoms with Gasteiger partial charge in [-0.15, -0.1) is 0 Å². The lowest BCUT2D eigenvalue weighted by atomic mass is 10.1. The third-order valence-electron chi connectivity index (χ3n) is 1.25. The lowest BCUT2D eigenvalue weighted by molar-refractivity contribution is -0.114. The molecule has 58 valence electrons. The predicted molar refractivity (Wildman–Crippen MR) is 41.5 cm³/mol. The first-order valence-corrected chi connectivity index (χ1v) is 3.30. The molecule has 3 heteroatoms. The molecule has 0 aromatic heterocycles. The van der Waals surface area contributed by atoms with E-state index in [4.69, 9.17) is 5.73 Å². The van der Waals surface area contributed by atoms with Gasteiger partial charge in [0.25, 0.3) is 0 Å². The molecule has 0 unspecified atom stereocenters. The van der Waals surface area contributed by atoms with E-state index < -0.39 is 5.91 Å². The highest BCUT2D eigenvalue weighted by Gasteiger charge is 1.98. The van der Waals surface area contributed by atoms with E-state index in [1.165, 1.54) is 0 Å². The van der Waals surface area contributed by atoms with Gasteiger partial charge in [-0.25, -0.2) is 0 Å². The van der Waals surface area contributed by atoms with Crippen molar-refractivity contribution in [1.82, 2.24) is 5.32 Å². The van der Waals surface area contributed by atoms with Gasteiger partial charge in [-0.2, -0.15) is 0 Å². The summed E-state index contributed by atoms with van der Waals surface area (Å²) in [5, 5.41) is 2.97. The molecule has 0 bridgehead atoms. The maximum Gasteiger partial charge on any atom is 0.244 e. The molecule has 3 nitrogen and oxygen atoms in total. The number of hydrogen-bond acceptors (Lipinski definition) is 2. The number of amides is 1. The van der Waals surface area contributed by atoms with Crippen molar-refractivity contribution in [3.63, 3.8) is 0 Å². The van der Waals surface area contributed by atoms with Crippen molar-refractivity contribution >= 4 is 5.91 Å². The number of carbonyl (C=O) groups is 1. The Morgan fingerprint density at radius 3 is 2.70 bits per heavy atom. The summed E-state index contributed by atoms with van der Waals surface area (Å²) in [5.74, 6) is -0.392. The third kappa shape index (κ3) is 4.09. The second-order valence-electron chi connectivity index (χ2n) is 2.17. The third-order valence-corrected chi connectivity index (χ3v) is 1.25. The first kappa shape index (κ1) is 9.17. The zero-order valence-corrected chi connectivity index (χ0v) is 6.31. The molecule has 0 saturated carbocycles. The van der Waals surface area contributed by atoms with E-state index in [2.05, 4.69) is 11.9 Å². The van der Waals surface area contributed by atoms with Crippen LogP contribution in [-0.4, -0.2) is 19.5 Å². The first-order chi connectivity index (χ1) is 4.68. The number of rotatable bonds is 5. The Hall–Kier alpha value is -0.830. The average Bonchev–Trinajstić information content (AvgIpc) is 1.88. The summed E-state index contributed by atoms with van der Waals surface area (Å²) in [6.45, 7) is 4.42. The fourth-order valence-electron chi connectivity index (χ4n) is 0.602. The van der Waals surface area contributed by atoms with Crippen LogP contribution in [0, 0.1) is 0 Å². The highest BCUT2D eigenvalue weighted by molar-refractivity contribution is 5.91. The van der Waals surface area contributed by atoms with E-state index in [-0.39, 0.29) is 0 Å². The normalized spacial score (nSPS) is 9.30. The van der Waals surface area contributed by atoms with Gasteiger partial charge >= 0.3 is 0 Å². The van der Waals surface area contributed by atoms with Crippen molar-refractivity contribution in [1.29, 1.82) is 0 Å². The summed E-state index contributed by atoms with van der Waals surface area (Å²) >= 11 is 0. The highest BCUT2D eigenvalue weighted by atomic mass is 16.1. The van der Waals surface area contributed by atoms with Crippen LogP contribution in [0.1, 0.15) is 12.8 Å². The fraction of sp³-hybridized carbons (Fsp3) is 0.571. The molecule has 1 amide bonds. The van der Waals surface area contributed by atoms with E-state index in [1.807, 2.05) is 7.05 Å². The van der Waals surface area contributed by atoms with Crippen LogP contribution in [0.15, 0.2) is 12.2 Å². The van der Waals surface area contributed by atoms with Gasteiger partial charge in [0.15, 0.2) is 0 Å². The molecule has 0 heterocycles. The van der Waals surface area contributed by atoms with E-state index >= 15 is 0 Å². The summed E-state index contributed by atoms with van der Waals surface area (Å²) in [6.07, 6.45) is 1.61. The lowest BCUT2D eigenvalue weighted by Crippen LogP contribution is -2.15. The Labute approximate surface area is 61.3 Å². The molecule has 0 aliphatic heterocycles. The average molecular weight is 142 g/mol. The largest absolute Gasteiger partial charge is 0.366 e. The molecule has 10 heavy (non-hydrogen) atoms. The Morgan fingerprint density at radius 1 is 1.70 bits per heavy atom.